The Hall–Kier alpha value is -2.54. The Morgan fingerprint density at radius 3 is 2.60 bits per heavy atom. The van der Waals surface area contributed by atoms with Crippen LogP contribution in [-0.4, -0.2) is 43.8 Å². The average Bonchev–Trinajstić information content (AvgIpc) is 2.74. The van der Waals surface area contributed by atoms with Gasteiger partial charge in [-0.15, -0.1) is 0 Å². The molecule has 4 rings (SSSR count). The van der Waals surface area contributed by atoms with Gasteiger partial charge < -0.3 is 19.7 Å². The topological polar surface area (TPSA) is 63.7 Å². The molecular weight excluding hydrogens is 425 g/mol. The third kappa shape index (κ3) is 4.61. The second-order valence-electron chi connectivity index (χ2n) is 7.00. The quantitative estimate of drug-likeness (QED) is 0.616. The number of fused-ring (bicyclic) bond motifs is 1. The zero-order valence-electron chi connectivity index (χ0n) is 16.5. The average molecular weight is 446 g/mol. The van der Waals surface area contributed by atoms with Gasteiger partial charge in [-0.05, 0) is 49.4 Å². The van der Waals surface area contributed by atoms with Crippen molar-refractivity contribution >= 4 is 51.4 Å². The molecule has 156 valence electrons. The van der Waals surface area contributed by atoms with Crippen molar-refractivity contribution < 1.29 is 14.3 Å². The van der Waals surface area contributed by atoms with Crippen LogP contribution in [0.2, 0.25) is 10.0 Å². The van der Waals surface area contributed by atoms with Crippen LogP contribution in [0.15, 0.2) is 42.5 Å². The molecule has 0 bridgehead atoms. The highest BCUT2D eigenvalue weighted by Crippen LogP contribution is 2.37. The minimum Gasteiger partial charge on any atom is -0.480 e. The fourth-order valence-electron chi connectivity index (χ4n) is 3.34. The van der Waals surface area contributed by atoms with Crippen LogP contribution in [0.3, 0.4) is 0 Å². The summed E-state index contributed by atoms with van der Waals surface area (Å²) in [6.45, 7) is 4.85. The zero-order valence-corrected chi connectivity index (χ0v) is 18.0. The number of amides is 1. The maximum atomic E-state index is 12.4. The van der Waals surface area contributed by atoms with E-state index in [0.29, 0.717) is 27.0 Å². The van der Waals surface area contributed by atoms with Crippen molar-refractivity contribution in [2.45, 2.75) is 6.92 Å². The molecule has 3 aromatic rings. The Labute approximate surface area is 184 Å². The second kappa shape index (κ2) is 9.08. The summed E-state index contributed by atoms with van der Waals surface area (Å²) in [6, 6.07) is 13.0. The van der Waals surface area contributed by atoms with Gasteiger partial charge in [0.25, 0.3) is 5.91 Å². The van der Waals surface area contributed by atoms with E-state index in [1.807, 2.05) is 43.3 Å². The summed E-state index contributed by atoms with van der Waals surface area (Å²) in [6.07, 6.45) is 0. The molecule has 0 saturated carbocycles. The summed E-state index contributed by atoms with van der Waals surface area (Å²) in [4.78, 5) is 19.1. The fourth-order valence-corrected chi connectivity index (χ4v) is 3.91. The lowest BCUT2D eigenvalue weighted by Crippen LogP contribution is -2.36. The van der Waals surface area contributed by atoms with Crippen molar-refractivity contribution in [3.05, 3.63) is 58.2 Å². The van der Waals surface area contributed by atoms with Crippen LogP contribution in [0.25, 0.3) is 10.9 Å². The largest absolute Gasteiger partial charge is 0.480 e. The van der Waals surface area contributed by atoms with Gasteiger partial charge in [0.15, 0.2) is 12.4 Å². The normalized spacial score (nSPS) is 14.0. The lowest BCUT2D eigenvalue weighted by molar-refractivity contribution is -0.118. The Bertz CT molecular complexity index is 1070. The highest BCUT2D eigenvalue weighted by Gasteiger charge is 2.15. The van der Waals surface area contributed by atoms with Crippen molar-refractivity contribution in [1.82, 2.24) is 4.98 Å². The number of halogens is 2. The third-order valence-electron chi connectivity index (χ3n) is 4.85. The first-order valence-electron chi connectivity index (χ1n) is 9.62. The highest BCUT2D eigenvalue weighted by molar-refractivity contribution is 6.39. The monoisotopic (exact) mass is 445 g/mol. The van der Waals surface area contributed by atoms with Crippen molar-refractivity contribution in [3.63, 3.8) is 0 Å². The van der Waals surface area contributed by atoms with E-state index in [0.717, 1.165) is 43.1 Å². The van der Waals surface area contributed by atoms with E-state index in [9.17, 15) is 4.79 Å². The van der Waals surface area contributed by atoms with Crippen LogP contribution in [0.4, 0.5) is 11.4 Å². The Balaban J connectivity index is 1.42. The number of benzene rings is 2. The molecular formula is C22H21Cl2N3O3. The molecule has 2 aromatic carbocycles. The maximum Gasteiger partial charge on any atom is 0.262 e. The van der Waals surface area contributed by atoms with Crippen LogP contribution in [0.1, 0.15) is 5.69 Å². The first kappa shape index (κ1) is 20.7. The van der Waals surface area contributed by atoms with Crippen LogP contribution >= 0.6 is 23.2 Å². The van der Waals surface area contributed by atoms with Crippen molar-refractivity contribution in [2.75, 3.05) is 43.1 Å². The third-order valence-corrected chi connectivity index (χ3v) is 5.45. The summed E-state index contributed by atoms with van der Waals surface area (Å²) < 4.78 is 11.1. The molecule has 0 aliphatic carbocycles. The van der Waals surface area contributed by atoms with Crippen LogP contribution in [0, 0.1) is 6.92 Å². The van der Waals surface area contributed by atoms with Gasteiger partial charge in [0.1, 0.15) is 5.52 Å². The van der Waals surface area contributed by atoms with Gasteiger partial charge >= 0.3 is 0 Å². The molecule has 0 spiro atoms. The number of morpholine rings is 1. The SMILES string of the molecule is Cc1ccc2c(Cl)cc(Cl)c(OCC(=O)Nc3ccc(N4CCOCC4)cc3)c2n1. The number of pyridine rings is 1. The van der Waals surface area contributed by atoms with E-state index in [1.54, 1.807) is 6.07 Å². The Morgan fingerprint density at radius 2 is 1.87 bits per heavy atom. The van der Waals surface area contributed by atoms with E-state index < -0.39 is 0 Å². The molecule has 0 unspecified atom stereocenters. The number of hydrogen-bond donors (Lipinski definition) is 1. The van der Waals surface area contributed by atoms with Gasteiger partial charge in [-0.1, -0.05) is 23.2 Å². The number of aromatic nitrogens is 1. The lowest BCUT2D eigenvalue weighted by atomic mass is 10.2. The molecule has 0 radical (unpaired) electrons. The number of nitrogens with one attached hydrogen (secondary N) is 1. The summed E-state index contributed by atoms with van der Waals surface area (Å²) in [5.41, 5.74) is 3.14. The molecule has 1 aliphatic heterocycles. The molecule has 8 heteroatoms. The summed E-state index contributed by atoms with van der Waals surface area (Å²) in [5.74, 6) is 0.0542. The van der Waals surface area contributed by atoms with E-state index in [2.05, 4.69) is 15.2 Å². The molecule has 0 atom stereocenters. The number of hydrogen-bond acceptors (Lipinski definition) is 5. The Kier molecular flexibility index (Phi) is 6.27. The molecule has 6 nitrogen and oxygen atoms in total. The number of rotatable bonds is 5. The minimum atomic E-state index is -0.291. The predicted molar refractivity (Wildman–Crippen MR) is 120 cm³/mol. The molecule has 1 saturated heterocycles. The first-order valence-corrected chi connectivity index (χ1v) is 10.4. The summed E-state index contributed by atoms with van der Waals surface area (Å²) in [5, 5.41) is 4.36. The number of ether oxygens (including phenoxy) is 2. The standard InChI is InChI=1S/C22H21Cl2N3O3/c1-14-2-7-17-18(23)12-19(24)22(21(17)25-14)30-13-20(28)26-15-3-5-16(6-4-15)27-8-10-29-11-9-27/h2-7,12H,8-11,13H2,1H3,(H,26,28). The number of anilines is 2. The smallest absolute Gasteiger partial charge is 0.262 e. The molecule has 1 N–H and O–H groups in total. The lowest BCUT2D eigenvalue weighted by Gasteiger charge is -2.28. The van der Waals surface area contributed by atoms with E-state index in [4.69, 9.17) is 32.7 Å². The summed E-state index contributed by atoms with van der Waals surface area (Å²) in [7, 11) is 0. The molecule has 2 heterocycles. The number of aryl methyl sites for hydroxylation is 1. The highest BCUT2D eigenvalue weighted by atomic mass is 35.5. The van der Waals surface area contributed by atoms with Crippen LogP contribution < -0.4 is 15.0 Å². The fraction of sp³-hybridized carbons (Fsp3) is 0.273. The molecule has 1 aromatic heterocycles. The molecule has 30 heavy (non-hydrogen) atoms. The molecule has 1 amide bonds. The summed E-state index contributed by atoms with van der Waals surface area (Å²) >= 11 is 12.6. The first-order chi connectivity index (χ1) is 14.5. The van der Waals surface area contributed by atoms with Crippen molar-refractivity contribution in [1.29, 1.82) is 0 Å². The number of carbonyl (C=O) groups excluding carboxylic acids is 1. The van der Waals surface area contributed by atoms with Gasteiger partial charge in [-0.2, -0.15) is 0 Å². The van der Waals surface area contributed by atoms with Crippen LogP contribution in [0.5, 0.6) is 5.75 Å². The molecule has 1 aliphatic rings. The van der Waals surface area contributed by atoms with Gasteiger partial charge in [0, 0.05) is 35.5 Å². The predicted octanol–water partition coefficient (Wildman–Crippen LogP) is 4.70. The zero-order chi connectivity index (χ0) is 21.1. The second-order valence-corrected chi connectivity index (χ2v) is 7.82. The van der Waals surface area contributed by atoms with Crippen molar-refractivity contribution in [2.24, 2.45) is 0 Å². The van der Waals surface area contributed by atoms with Gasteiger partial charge in [-0.25, -0.2) is 4.98 Å². The maximum absolute atomic E-state index is 12.4. The minimum absolute atomic E-state index is 0.197. The van der Waals surface area contributed by atoms with E-state index in [-0.39, 0.29) is 12.5 Å². The van der Waals surface area contributed by atoms with E-state index >= 15 is 0 Å². The van der Waals surface area contributed by atoms with Crippen LogP contribution in [-0.2, 0) is 9.53 Å². The van der Waals surface area contributed by atoms with Gasteiger partial charge in [0.2, 0.25) is 0 Å². The number of carbonyl (C=O) groups is 1. The van der Waals surface area contributed by atoms with Gasteiger partial charge in [0.05, 0.1) is 23.3 Å². The van der Waals surface area contributed by atoms with E-state index in [1.165, 1.54) is 0 Å². The van der Waals surface area contributed by atoms with Gasteiger partial charge in [-0.3, -0.25) is 4.79 Å². The number of nitrogens with zero attached hydrogens (tertiary/aromatic N) is 2. The Morgan fingerprint density at radius 1 is 1.13 bits per heavy atom. The van der Waals surface area contributed by atoms with Crippen molar-refractivity contribution in [3.8, 4) is 5.75 Å². The molecule has 1 fully saturated rings.